The van der Waals surface area contributed by atoms with Crippen molar-refractivity contribution in [2.24, 2.45) is 11.7 Å². The maximum absolute atomic E-state index is 5.85. The van der Waals surface area contributed by atoms with Gasteiger partial charge in [0.05, 0.1) is 11.4 Å². The van der Waals surface area contributed by atoms with Gasteiger partial charge in [0.1, 0.15) is 0 Å². The van der Waals surface area contributed by atoms with E-state index in [1.54, 1.807) is 0 Å². The van der Waals surface area contributed by atoms with E-state index < -0.39 is 0 Å². The molecule has 0 saturated heterocycles. The first kappa shape index (κ1) is 17.5. The molecular weight excluding hydrogens is 272 g/mol. The molecule has 0 unspecified atom stereocenters. The van der Waals surface area contributed by atoms with Gasteiger partial charge in [0, 0.05) is 13.1 Å². The second kappa shape index (κ2) is 9.98. The zero-order chi connectivity index (χ0) is 15.6. The molecule has 1 fully saturated rings. The SMILES string of the molecule is CCCCCCCn1nnc(CN)c1CCC1CCCCC1. The molecule has 2 rings (SSSR count). The van der Waals surface area contributed by atoms with Crippen LogP contribution in [0.15, 0.2) is 0 Å². The standard InChI is InChI=1S/C18H34N4/c1-2-3-4-5-9-14-22-18(17(15-19)20-21-22)13-12-16-10-7-6-8-11-16/h16H,2-15,19H2,1H3. The minimum atomic E-state index is 0.524. The van der Waals surface area contributed by atoms with E-state index in [4.69, 9.17) is 5.73 Å². The quantitative estimate of drug-likeness (QED) is 0.658. The van der Waals surface area contributed by atoms with Crippen molar-refractivity contribution in [2.45, 2.75) is 97.1 Å². The summed E-state index contributed by atoms with van der Waals surface area (Å²) >= 11 is 0. The Morgan fingerprint density at radius 2 is 1.86 bits per heavy atom. The van der Waals surface area contributed by atoms with E-state index >= 15 is 0 Å². The third-order valence-corrected chi connectivity index (χ3v) is 5.10. The van der Waals surface area contributed by atoms with Gasteiger partial charge < -0.3 is 5.73 Å². The van der Waals surface area contributed by atoms with Crippen LogP contribution >= 0.6 is 0 Å². The average Bonchev–Trinajstić information content (AvgIpc) is 2.95. The number of nitrogens with zero attached hydrogens (tertiary/aromatic N) is 3. The van der Waals surface area contributed by atoms with Gasteiger partial charge in [0.25, 0.3) is 0 Å². The zero-order valence-corrected chi connectivity index (χ0v) is 14.4. The molecule has 1 aliphatic rings. The van der Waals surface area contributed by atoms with Crippen molar-refractivity contribution in [3.05, 3.63) is 11.4 Å². The van der Waals surface area contributed by atoms with Gasteiger partial charge in [-0.15, -0.1) is 5.10 Å². The topological polar surface area (TPSA) is 56.7 Å². The smallest absolute Gasteiger partial charge is 0.0994 e. The Labute approximate surface area is 135 Å². The highest BCUT2D eigenvalue weighted by atomic mass is 15.4. The van der Waals surface area contributed by atoms with Crippen LogP contribution in [-0.2, 0) is 19.5 Å². The summed E-state index contributed by atoms with van der Waals surface area (Å²) in [4.78, 5) is 0. The maximum atomic E-state index is 5.85. The largest absolute Gasteiger partial charge is 0.325 e. The average molecular weight is 306 g/mol. The number of hydrogen-bond donors (Lipinski definition) is 1. The van der Waals surface area contributed by atoms with Crippen molar-refractivity contribution >= 4 is 0 Å². The molecular formula is C18H34N4. The summed E-state index contributed by atoms with van der Waals surface area (Å²) in [6, 6.07) is 0. The monoisotopic (exact) mass is 306 g/mol. The fourth-order valence-electron chi connectivity index (χ4n) is 3.66. The van der Waals surface area contributed by atoms with Crippen molar-refractivity contribution in [1.82, 2.24) is 15.0 Å². The van der Waals surface area contributed by atoms with Crippen LogP contribution < -0.4 is 5.73 Å². The molecule has 0 amide bonds. The number of rotatable bonds is 10. The molecule has 0 aromatic carbocycles. The van der Waals surface area contributed by atoms with Crippen LogP contribution in [0.3, 0.4) is 0 Å². The second-order valence-corrected chi connectivity index (χ2v) is 6.87. The lowest BCUT2D eigenvalue weighted by Gasteiger charge is -2.21. The summed E-state index contributed by atoms with van der Waals surface area (Å²) < 4.78 is 2.14. The molecule has 1 saturated carbocycles. The Kier molecular flexibility index (Phi) is 7.92. The maximum Gasteiger partial charge on any atom is 0.0994 e. The minimum absolute atomic E-state index is 0.524. The highest BCUT2D eigenvalue weighted by Gasteiger charge is 2.17. The molecule has 126 valence electrons. The van der Waals surface area contributed by atoms with Crippen molar-refractivity contribution in [2.75, 3.05) is 0 Å². The molecule has 22 heavy (non-hydrogen) atoms. The van der Waals surface area contributed by atoms with Crippen molar-refractivity contribution in [3.63, 3.8) is 0 Å². The minimum Gasteiger partial charge on any atom is -0.325 e. The van der Waals surface area contributed by atoms with Gasteiger partial charge in [-0.2, -0.15) is 0 Å². The third-order valence-electron chi connectivity index (χ3n) is 5.10. The first-order chi connectivity index (χ1) is 10.8. The lowest BCUT2D eigenvalue weighted by Crippen LogP contribution is -2.12. The summed E-state index contributed by atoms with van der Waals surface area (Å²) in [6.07, 6.45) is 16.0. The fourth-order valence-corrected chi connectivity index (χ4v) is 3.66. The molecule has 0 bridgehead atoms. The zero-order valence-electron chi connectivity index (χ0n) is 14.4. The van der Waals surface area contributed by atoms with E-state index in [1.165, 1.54) is 76.3 Å². The predicted octanol–water partition coefficient (Wildman–Crippen LogP) is 4.22. The van der Waals surface area contributed by atoms with E-state index in [9.17, 15) is 0 Å². The van der Waals surface area contributed by atoms with Crippen LogP contribution in [0.4, 0.5) is 0 Å². The van der Waals surface area contributed by atoms with Crippen LogP contribution in [-0.4, -0.2) is 15.0 Å². The molecule has 0 radical (unpaired) electrons. The Morgan fingerprint density at radius 1 is 1.09 bits per heavy atom. The van der Waals surface area contributed by atoms with E-state index in [0.29, 0.717) is 6.54 Å². The van der Waals surface area contributed by atoms with Crippen LogP contribution in [0.5, 0.6) is 0 Å². The molecule has 1 aromatic heterocycles. The Hall–Kier alpha value is -0.900. The van der Waals surface area contributed by atoms with E-state index in [-0.39, 0.29) is 0 Å². The number of nitrogens with two attached hydrogens (primary N) is 1. The molecule has 4 nitrogen and oxygen atoms in total. The van der Waals surface area contributed by atoms with Gasteiger partial charge in [0.2, 0.25) is 0 Å². The first-order valence-corrected chi connectivity index (χ1v) is 9.46. The molecule has 0 aliphatic heterocycles. The molecule has 4 heteroatoms. The second-order valence-electron chi connectivity index (χ2n) is 6.87. The van der Waals surface area contributed by atoms with Gasteiger partial charge in [0.15, 0.2) is 0 Å². The molecule has 1 aliphatic carbocycles. The molecule has 2 N–H and O–H groups in total. The van der Waals surface area contributed by atoms with Crippen LogP contribution in [0.1, 0.15) is 88.9 Å². The Balaban J connectivity index is 1.83. The fraction of sp³-hybridized carbons (Fsp3) is 0.889. The molecule has 0 atom stereocenters. The highest BCUT2D eigenvalue weighted by Crippen LogP contribution is 2.27. The van der Waals surface area contributed by atoms with Crippen LogP contribution in [0.25, 0.3) is 0 Å². The van der Waals surface area contributed by atoms with Gasteiger partial charge in [-0.1, -0.05) is 69.9 Å². The van der Waals surface area contributed by atoms with E-state index in [1.807, 2.05) is 0 Å². The van der Waals surface area contributed by atoms with Gasteiger partial charge in [-0.05, 0) is 25.2 Å². The lowest BCUT2D eigenvalue weighted by molar-refractivity contribution is 0.335. The summed E-state index contributed by atoms with van der Waals surface area (Å²) in [5, 5.41) is 8.66. The highest BCUT2D eigenvalue weighted by molar-refractivity contribution is 5.10. The van der Waals surface area contributed by atoms with Crippen LogP contribution in [0.2, 0.25) is 0 Å². The Bertz CT molecular complexity index is 407. The summed E-state index contributed by atoms with van der Waals surface area (Å²) in [7, 11) is 0. The van der Waals surface area contributed by atoms with Crippen molar-refractivity contribution in [3.8, 4) is 0 Å². The number of hydrogen-bond acceptors (Lipinski definition) is 3. The Morgan fingerprint density at radius 3 is 2.59 bits per heavy atom. The van der Waals surface area contributed by atoms with Crippen molar-refractivity contribution < 1.29 is 0 Å². The third kappa shape index (κ3) is 5.38. The molecule has 0 spiro atoms. The first-order valence-electron chi connectivity index (χ1n) is 9.46. The van der Waals surface area contributed by atoms with E-state index in [2.05, 4.69) is 21.9 Å². The summed E-state index contributed by atoms with van der Waals surface area (Å²) in [5.41, 5.74) is 8.18. The summed E-state index contributed by atoms with van der Waals surface area (Å²) in [6.45, 7) is 3.79. The molecule has 1 heterocycles. The number of unbranched alkanes of at least 4 members (excludes halogenated alkanes) is 4. The van der Waals surface area contributed by atoms with Crippen molar-refractivity contribution in [1.29, 1.82) is 0 Å². The molecule has 1 aromatic rings. The summed E-state index contributed by atoms with van der Waals surface area (Å²) in [5.74, 6) is 0.910. The van der Waals surface area contributed by atoms with E-state index in [0.717, 1.165) is 24.6 Å². The van der Waals surface area contributed by atoms with Gasteiger partial charge in [-0.25, -0.2) is 4.68 Å². The number of aromatic nitrogens is 3. The predicted molar refractivity (Wildman–Crippen MR) is 91.6 cm³/mol. The normalized spacial score (nSPS) is 16.3. The van der Waals surface area contributed by atoms with Gasteiger partial charge in [-0.3, -0.25) is 0 Å². The van der Waals surface area contributed by atoms with Gasteiger partial charge >= 0.3 is 0 Å². The van der Waals surface area contributed by atoms with Crippen LogP contribution in [0, 0.1) is 5.92 Å². The number of aryl methyl sites for hydroxylation is 1. The lowest BCUT2D eigenvalue weighted by atomic mass is 9.85.